The van der Waals surface area contributed by atoms with Gasteiger partial charge in [0.05, 0.1) is 10.7 Å². The third-order valence-corrected chi connectivity index (χ3v) is 6.93. The van der Waals surface area contributed by atoms with Crippen LogP contribution in [-0.4, -0.2) is 35.1 Å². The first-order chi connectivity index (χ1) is 18.5. The van der Waals surface area contributed by atoms with E-state index in [0.717, 1.165) is 12.0 Å². The monoisotopic (exact) mass is 563 g/mol. The van der Waals surface area contributed by atoms with E-state index in [4.69, 9.17) is 11.6 Å². The van der Waals surface area contributed by atoms with Crippen LogP contribution < -0.4 is 10.1 Å². The molecule has 4 rings (SSSR count). The van der Waals surface area contributed by atoms with Crippen LogP contribution in [0.4, 0.5) is 17.6 Å². The minimum absolute atomic E-state index is 0.120. The maximum Gasteiger partial charge on any atom is 0.573 e. The number of benzene rings is 2. The molecule has 0 unspecified atom stereocenters. The van der Waals surface area contributed by atoms with Crippen LogP contribution in [0.5, 0.6) is 5.75 Å². The molecular weight excluding hydrogens is 538 g/mol. The van der Waals surface area contributed by atoms with Crippen molar-refractivity contribution in [2.75, 3.05) is 7.05 Å². The highest BCUT2D eigenvalue weighted by molar-refractivity contribution is 6.33. The minimum atomic E-state index is -4.77. The highest BCUT2D eigenvalue weighted by atomic mass is 35.5. The average molecular weight is 564 g/mol. The zero-order valence-electron chi connectivity index (χ0n) is 21.0. The molecule has 11 heteroatoms. The van der Waals surface area contributed by atoms with Crippen molar-refractivity contribution in [2.24, 2.45) is 11.8 Å². The summed E-state index contributed by atoms with van der Waals surface area (Å²) in [5.41, 5.74) is 2.56. The number of rotatable bonds is 8. The Morgan fingerprint density at radius 2 is 1.74 bits per heavy atom. The third kappa shape index (κ3) is 7.47. The van der Waals surface area contributed by atoms with Crippen LogP contribution in [0.3, 0.4) is 0 Å². The van der Waals surface area contributed by atoms with Crippen molar-refractivity contribution in [1.29, 1.82) is 0 Å². The van der Waals surface area contributed by atoms with Crippen LogP contribution in [0.15, 0.2) is 60.8 Å². The molecule has 1 N–H and O–H groups in total. The van der Waals surface area contributed by atoms with Gasteiger partial charge in [-0.15, -0.1) is 13.2 Å². The van der Waals surface area contributed by atoms with Crippen molar-refractivity contribution in [3.05, 3.63) is 82.8 Å². The van der Waals surface area contributed by atoms with Crippen LogP contribution >= 0.6 is 11.6 Å². The Bertz CT molecular complexity index is 1320. The normalized spacial score (nSPS) is 17.1. The first-order valence-electron chi connectivity index (χ1n) is 12.3. The summed E-state index contributed by atoms with van der Waals surface area (Å²) in [6.07, 6.45) is -1.25. The molecule has 1 saturated carbocycles. The van der Waals surface area contributed by atoms with Crippen LogP contribution in [0, 0.1) is 17.7 Å². The van der Waals surface area contributed by atoms with Crippen molar-refractivity contribution in [3.8, 4) is 17.0 Å². The molecule has 0 aliphatic heterocycles. The lowest BCUT2D eigenvalue weighted by Crippen LogP contribution is -2.40. The summed E-state index contributed by atoms with van der Waals surface area (Å²) in [5, 5.41) is 3.05. The number of halogens is 5. The predicted molar refractivity (Wildman–Crippen MR) is 137 cm³/mol. The molecule has 2 amide bonds. The molecule has 6 nitrogen and oxygen atoms in total. The quantitative estimate of drug-likeness (QED) is 0.335. The largest absolute Gasteiger partial charge is 0.573 e. The van der Waals surface area contributed by atoms with Crippen molar-refractivity contribution in [2.45, 2.75) is 38.7 Å². The molecule has 1 aromatic heterocycles. The lowest BCUT2D eigenvalue weighted by molar-refractivity contribution is -0.274. The van der Waals surface area contributed by atoms with E-state index in [1.807, 2.05) is 6.07 Å². The van der Waals surface area contributed by atoms with E-state index in [1.165, 1.54) is 36.4 Å². The van der Waals surface area contributed by atoms with Crippen molar-refractivity contribution in [3.63, 3.8) is 0 Å². The highest BCUT2D eigenvalue weighted by Gasteiger charge is 2.39. The van der Waals surface area contributed by atoms with E-state index in [9.17, 15) is 27.2 Å². The molecule has 2 atom stereocenters. The van der Waals surface area contributed by atoms with Gasteiger partial charge in [0.15, 0.2) is 0 Å². The smallest absolute Gasteiger partial charge is 0.406 e. The number of carbonyl (C=O) groups is 2. The topological polar surface area (TPSA) is 71.5 Å². The van der Waals surface area contributed by atoms with Crippen molar-refractivity contribution < 1.29 is 31.9 Å². The second-order valence-corrected chi connectivity index (χ2v) is 9.83. The van der Waals surface area contributed by atoms with Gasteiger partial charge in [-0.3, -0.25) is 14.6 Å². The van der Waals surface area contributed by atoms with Gasteiger partial charge in [0.2, 0.25) is 11.8 Å². The number of ether oxygens (including phenoxy) is 1. The van der Waals surface area contributed by atoms with Crippen molar-refractivity contribution >= 4 is 23.4 Å². The minimum Gasteiger partial charge on any atom is -0.406 e. The van der Waals surface area contributed by atoms with Gasteiger partial charge >= 0.3 is 6.36 Å². The molecule has 0 spiro atoms. The number of hydrogen-bond acceptors (Lipinski definition) is 4. The third-order valence-electron chi connectivity index (χ3n) is 6.62. The molecule has 0 saturated heterocycles. The summed E-state index contributed by atoms with van der Waals surface area (Å²) in [5.74, 6) is -2.15. The number of amides is 2. The van der Waals surface area contributed by atoms with E-state index in [-0.39, 0.29) is 29.1 Å². The second-order valence-electron chi connectivity index (χ2n) is 9.42. The average Bonchev–Trinajstić information content (AvgIpc) is 3.37. The number of alkyl halides is 3. The fourth-order valence-electron chi connectivity index (χ4n) is 4.71. The fraction of sp³-hybridized carbons (Fsp3) is 0.321. The van der Waals surface area contributed by atoms with E-state index in [2.05, 4.69) is 15.0 Å². The Balaban J connectivity index is 1.32. The maximum absolute atomic E-state index is 13.3. The SMILES string of the molecule is CN(Cc1ccc(-c2ccc(F)cc2Cl)nc1)C(=O)[C@@H]1CCC[C@H]1C(=O)NCc1ccc(OC(F)(F)F)cc1. The Morgan fingerprint density at radius 3 is 2.38 bits per heavy atom. The van der Waals surface area contributed by atoms with Gasteiger partial charge in [0.25, 0.3) is 0 Å². The van der Waals surface area contributed by atoms with Crippen LogP contribution in [0.25, 0.3) is 11.3 Å². The van der Waals surface area contributed by atoms with Crippen molar-refractivity contribution in [1.82, 2.24) is 15.2 Å². The first-order valence-corrected chi connectivity index (χ1v) is 12.7. The lowest BCUT2D eigenvalue weighted by atomic mass is 9.93. The molecule has 1 aliphatic carbocycles. The van der Waals surface area contributed by atoms with Gasteiger partial charge in [0.1, 0.15) is 11.6 Å². The Hall–Kier alpha value is -3.66. The summed E-state index contributed by atoms with van der Waals surface area (Å²) in [6, 6.07) is 12.9. The van der Waals surface area contributed by atoms with Gasteiger partial charge < -0.3 is 15.0 Å². The zero-order valence-corrected chi connectivity index (χ0v) is 21.7. The molecule has 39 heavy (non-hydrogen) atoms. The van der Waals surface area contributed by atoms with Gasteiger partial charge in [-0.25, -0.2) is 4.39 Å². The molecule has 0 radical (unpaired) electrons. The summed E-state index contributed by atoms with van der Waals surface area (Å²) in [4.78, 5) is 32.1. The number of nitrogens with one attached hydrogen (secondary N) is 1. The summed E-state index contributed by atoms with van der Waals surface area (Å²) >= 11 is 6.12. The van der Waals surface area contributed by atoms with E-state index < -0.39 is 24.0 Å². The van der Waals surface area contributed by atoms with E-state index in [1.54, 1.807) is 30.3 Å². The first kappa shape index (κ1) is 28.4. The summed E-state index contributed by atoms with van der Waals surface area (Å²) in [7, 11) is 1.67. The molecule has 3 aromatic rings. The summed E-state index contributed by atoms with van der Waals surface area (Å²) in [6.45, 7) is 0.412. The van der Waals surface area contributed by atoms with Crippen LogP contribution in [0.1, 0.15) is 30.4 Å². The van der Waals surface area contributed by atoms with E-state index in [0.29, 0.717) is 36.2 Å². The summed E-state index contributed by atoms with van der Waals surface area (Å²) < 4.78 is 54.2. The second kappa shape index (κ2) is 12.0. The van der Waals surface area contributed by atoms with Gasteiger partial charge in [0, 0.05) is 43.7 Å². The lowest BCUT2D eigenvalue weighted by Gasteiger charge is -2.25. The molecular formula is C28H26ClF4N3O3. The number of hydrogen-bond donors (Lipinski definition) is 1. The molecule has 206 valence electrons. The Labute approximate surface area is 227 Å². The Kier molecular flexibility index (Phi) is 8.74. The maximum atomic E-state index is 13.3. The van der Waals surface area contributed by atoms with Gasteiger partial charge in [-0.2, -0.15) is 0 Å². The standard InChI is InChI=1S/C28H26ClF4N3O3/c1-36(16-18-7-12-25(34-15-18)23-11-8-19(30)13-24(23)29)27(38)22-4-2-3-21(22)26(37)35-14-17-5-9-20(10-6-17)39-28(31,32)33/h5-13,15,21-22H,2-4,14,16H2,1H3,(H,35,37)/t21-,22-/m1/s1. The predicted octanol–water partition coefficient (Wildman–Crippen LogP) is 6.13. The zero-order chi connectivity index (χ0) is 28.2. The molecule has 1 heterocycles. The van der Waals surface area contributed by atoms with Gasteiger partial charge in [-0.1, -0.05) is 36.2 Å². The number of carbonyl (C=O) groups excluding carboxylic acids is 2. The fourth-order valence-corrected chi connectivity index (χ4v) is 4.97. The number of aromatic nitrogens is 1. The van der Waals surface area contributed by atoms with Crippen LogP contribution in [0.2, 0.25) is 5.02 Å². The highest BCUT2D eigenvalue weighted by Crippen LogP contribution is 2.34. The molecule has 1 fully saturated rings. The molecule has 2 aromatic carbocycles. The number of pyridine rings is 1. The van der Waals surface area contributed by atoms with E-state index >= 15 is 0 Å². The van der Waals surface area contributed by atoms with Gasteiger partial charge in [-0.05, 0) is 60.4 Å². The molecule has 0 bridgehead atoms. The molecule has 1 aliphatic rings. The Morgan fingerprint density at radius 1 is 1.05 bits per heavy atom. The van der Waals surface area contributed by atoms with Crippen LogP contribution in [-0.2, 0) is 22.7 Å². The number of nitrogens with zero attached hydrogens (tertiary/aromatic N) is 2.